The summed E-state index contributed by atoms with van der Waals surface area (Å²) >= 11 is 8.54. The number of hydrogen-bond acceptors (Lipinski definition) is 5. The van der Waals surface area contributed by atoms with E-state index >= 15 is 0 Å². The molecule has 0 fully saturated rings. The molecule has 28 heavy (non-hydrogen) atoms. The van der Waals surface area contributed by atoms with Crippen LogP contribution < -0.4 is 5.32 Å². The molecule has 0 aliphatic rings. The summed E-state index contributed by atoms with van der Waals surface area (Å²) in [5.41, 5.74) is 2.09. The van der Waals surface area contributed by atoms with Crippen LogP contribution >= 0.6 is 34.7 Å². The van der Waals surface area contributed by atoms with Gasteiger partial charge in [-0.05, 0) is 42.0 Å². The van der Waals surface area contributed by atoms with Crippen molar-refractivity contribution in [1.82, 2.24) is 10.3 Å². The number of aromatic nitrogens is 1. The van der Waals surface area contributed by atoms with E-state index in [4.69, 9.17) is 11.6 Å². The third-order valence-corrected chi connectivity index (χ3v) is 6.09. The molecule has 1 aromatic heterocycles. The number of carbonyl (C=O) groups excluding carboxylic acids is 2. The lowest BCUT2D eigenvalue weighted by atomic mass is 10.1. The molecule has 0 saturated carbocycles. The minimum absolute atomic E-state index is 0.0949. The fourth-order valence-corrected chi connectivity index (χ4v) is 4.18. The van der Waals surface area contributed by atoms with Crippen LogP contribution in [0.25, 0.3) is 0 Å². The Bertz CT molecular complexity index is 959. The van der Waals surface area contributed by atoms with Crippen LogP contribution in [0.15, 0.2) is 58.3 Å². The highest BCUT2D eigenvalue weighted by molar-refractivity contribution is 8.01. The lowest BCUT2D eigenvalue weighted by molar-refractivity contribution is -0.120. The lowest BCUT2D eigenvalue weighted by Gasteiger charge is -2.04. The minimum atomic E-state index is -0.372. The topological polar surface area (TPSA) is 59.1 Å². The molecule has 1 heterocycles. The second kappa shape index (κ2) is 9.82. The third-order valence-electron chi connectivity index (χ3n) is 3.77. The highest BCUT2D eigenvalue weighted by Crippen LogP contribution is 2.24. The second-order valence-corrected chi connectivity index (χ2v) is 8.42. The largest absolute Gasteiger partial charge is 0.352 e. The first-order chi connectivity index (χ1) is 13.5. The van der Waals surface area contributed by atoms with E-state index in [9.17, 15) is 14.0 Å². The zero-order chi connectivity index (χ0) is 19.9. The van der Waals surface area contributed by atoms with Gasteiger partial charge in [0.1, 0.15) is 5.82 Å². The van der Waals surface area contributed by atoms with Gasteiger partial charge in [0.05, 0.1) is 17.9 Å². The first kappa shape index (κ1) is 20.5. The Balaban J connectivity index is 1.45. The molecule has 2 aromatic carbocycles. The first-order valence-corrected chi connectivity index (χ1v) is 10.6. The van der Waals surface area contributed by atoms with Crippen molar-refractivity contribution in [1.29, 1.82) is 0 Å². The fraction of sp³-hybridized carbons (Fsp3) is 0.150. The van der Waals surface area contributed by atoms with Gasteiger partial charge in [0.2, 0.25) is 5.91 Å². The van der Waals surface area contributed by atoms with Crippen LogP contribution in [0.1, 0.15) is 21.6 Å². The van der Waals surface area contributed by atoms with Crippen molar-refractivity contribution in [2.24, 2.45) is 0 Å². The van der Waals surface area contributed by atoms with Crippen LogP contribution in [-0.2, 0) is 17.8 Å². The Labute approximate surface area is 175 Å². The molecule has 0 saturated heterocycles. The van der Waals surface area contributed by atoms with Crippen molar-refractivity contribution < 1.29 is 14.0 Å². The van der Waals surface area contributed by atoms with Crippen molar-refractivity contribution in [2.75, 3.05) is 5.75 Å². The molecule has 8 heteroatoms. The number of rotatable bonds is 8. The summed E-state index contributed by atoms with van der Waals surface area (Å²) in [7, 11) is 0. The Morgan fingerprint density at radius 2 is 1.82 bits per heavy atom. The van der Waals surface area contributed by atoms with Gasteiger partial charge in [0.25, 0.3) is 0 Å². The van der Waals surface area contributed by atoms with Crippen LogP contribution in [0.4, 0.5) is 4.39 Å². The summed E-state index contributed by atoms with van der Waals surface area (Å²) in [4.78, 5) is 28.6. The number of nitrogens with zero attached hydrogens (tertiary/aromatic N) is 1. The van der Waals surface area contributed by atoms with E-state index in [1.54, 1.807) is 12.1 Å². The Morgan fingerprint density at radius 1 is 1.11 bits per heavy atom. The summed E-state index contributed by atoms with van der Waals surface area (Å²) in [6, 6.07) is 12.7. The van der Waals surface area contributed by atoms with E-state index in [1.807, 2.05) is 17.5 Å². The van der Waals surface area contributed by atoms with E-state index in [0.717, 1.165) is 9.90 Å². The molecule has 0 unspecified atom stereocenters. The summed E-state index contributed by atoms with van der Waals surface area (Å²) in [5.74, 6) is -0.383. The standard InChI is InChI=1S/C20H16ClFN2O2S2/c21-15-5-1-13(2-6-15)10-23-19(26)9-17-11-27-20(24-17)28-12-18(25)14-3-7-16(22)8-4-14/h1-8,11H,9-10,12H2,(H,23,26). The molecule has 0 aliphatic heterocycles. The highest BCUT2D eigenvalue weighted by atomic mass is 35.5. The Hall–Kier alpha value is -2.22. The van der Waals surface area contributed by atoms with Gasteiger partial charge in [0.15, 0.2) is 10.1 Å². The first-order valence-electron chi connectivity index (χ1n) is 8.37. The molecule has 0 aliphatic carbocycles. The molecular formula is C20H16ClFN2O2S2. The van der Waals surface area contributed by atoms with Crippen molar-refractivity contribution >= 4 is 46.4 Å². The molecule has 1 N–H and O–H groups in total. The number of benzene rings is 2. The third kappa shape index (κ3) is 6.15. The van der Waals surface area contributed by atoms with E-state index in [1.165, 1.54) is 47.4 Å². The molecule has 3 rings (SSSR count). The van der Waals surface area contributed by atoms with Crippen LogP contribution in [0, 0.1) is 5.82 Å². The summed E-state index contributed by atoms with van der Waals surface area (Å²) in [6.07, 6.45) is 0.177. The number of hydrogen-bond donors (Lipinski definition) is 1. The van der Waals surface area contributed by atoms with E-state index < -0.39 is 0 Å². The van der Waals surface area contributed by atoms with Gasteiger partial charge in [-0.3, -0.25) is 9.59 Å². The molecule has 0 bridgehead atoms. The zero-order valence-corrected chi connectivity index (χ0v) is 17.0. The SMILES string of the molecule is O=C(Cc1csc(SCC(=O)c2ccc(F)cc2)n1)NCc1ccc(Cl)cc1. The van der Waals surface area contributed by atoms with Crippen LogP contribution in [0.5, 0.6) is 0 Å². The van der Waals surface area contributed by atoms with E-state index in [2.05, 4.69) is 10.3 Å². The Kier molecular flexibility index (Phi) is 7.19. The van der Waals surface area contributed by atoms with Gasteiger partial charge >= 0.3 is 0 Å². The number of Topliss-reactive ketones (excluding diaryl/α,β-unsaturated/α-hetero) is 1. The summed E-state index contributed by atoms with van der Waals surface area (Å²) in [5, 5.41) is 5.31. The van der Waals surface area contributed by atoms with Gasteiger partial charge in [-0.1, -0.05) is 35.5 Å². The number of ketones is 1. The molecule has 0 radical (unpaired) electrons. The van der Waals surface area contributed by atoms with Crippen molar-refractivity contribution in [2.45, 2.75) is 17.3 Å². The fourth-order valence-electron chi connectivity index (χ4n) is 2.31. The average molecular weight is 435 g/mol. The van der Waals surface area contributed by atoms with E-state index in [0.29, 0.717) is 22.8 Å². The zero-order valence-electron chi connectivity index (χ0n) is 14.7. The molecular weight excluding hydrogens is 419 g/mol. The quantitative estimate of drug-likeness (QED) is 0.410. The van der Waals surface area contributed by atoms with Crippen LogP contribution in [0.2, 0.25) is 5.02 Å². The predicted molar refractivity (Wildman–Crippen MR) is 111 cm³/mol. The molecule has 144 valence electrons. The maximum Gasteiger partial charge on any atom is 0.226 e. The number of halogens is 2. The smallest absolute Gasteiger partial charge is 0.226 e. The summed E-state index contributed by atoms with van der Waals surface area (Å²) in [6.45, 7) is 0.425. The number of carbonyl (C=O) groups is 2. The van der Waals surface area contributed by atoms with Gasteiger partial charge in [-0.2, -0.15) is 0 Å². The average Bonchev–Trinajstić information content (AvgIpc) is 3.13. The maximum atomic E-state index is 12.9. The normalized spacial score (nSPS) is 10.6. The number of amides is 1. The molecule has 0 atom stereocenters. The van der Waals surface area contributed by atoms with Gasteiger partial charge in [-0.25, -0.2) is 9.37 Å². The van der Waals surface area contributed by atoms with Crippen LogP contribution in [-0.4, -0.2) is 22.4 Å². The monoisotopic (exact) mass is 434 g/mol. The maximum absolute atomic E-state index is 12.9. The molecule has 3 aromatic rings. The second-order valence-electron chi connectivity index (χ2n) is 5.90. The molecule has 1 amide bonds. The number of thioether (sulfide) groups is 1. The van der Waals surface area contributed by atoms with Gasteiger partial charge < -0.3 is 5.32 Å². The Morgan fingerprint density at radius 3 is 2.54 bits per heavy atom. The lowest BCUT2D eigenvalue weighted by Crippen LogP contribution is -2.24. The molecule has 4 nitrogen and oxygen atoms in total. The number of thiazole rings is 1. The molecule has 0 spiro atoms. The van der Waals surface area contributed by atoms with Crippen molar-refractivity contribution in [3.05, 3.63) is 81.6 Å². The van der Waals surface area contributed by atoms with Crippen molar-refractivity contribution in [3.63, 3.8) is 0 Å². The van der Waals surface area contributed by atoms with Crippen LogP contribution in [0.3, 0.4) is 0 Å². The van der Waals surface area contributed by atoms with Crippen molar-refractivity contribution in [3.8, 4) is 0 Å². The van der Waals surface area contributed by atoms with E-state index in [-0.39, 0.29) is 29.7 Å². The highest BCUT2D eigenvalue weighted by Gasteiger charge is 2.11. The minimum Gasteiger partial charge on any atom is -0.352 e. The predicted octanol–water partition coefficient (Wildman–Crippen LogP) is 4.77. The number of nitrogens with one attached hydrogen (secondary N) is 1. The van der Waals surface area contributed by atoms with Gasteiger partial charge in [-0.15, -0.1) is 11.3 Å². The van der Waals surface area contributed by atoms with Gasteiger partial charge in [0, 0.05) is 22.5 Å². The summed E-state index contributed by atoms with van der Waals surface area (Å²) < 4.78 is 13.6.